The quantitative estimate of drug-likeness (QED) is 0.878. The van der Waals surface area contributed by atoms with Crippen LogP contribution >= 0.6 is 0 Å². The van der Waals surface area contributed by atoms with Crippen molar-refractivity contribution in [1.82, 2.24) is 9.78 Å². The van der Waals surface area contributed by atoms with Gasteiger partial charge in [0, 0.05) is 13.2 Å². The van der Waals surface area contributed by atoms with Gasteiger partial charge in [-0.25, -0.2) is 0 Å². The van der Waals surface area contributed by atoms with Gasteiger partial charge in [-0.2, -0.15) is 5.10 Å². The van der Waals surface area contributed by atoms with Crippen LogP contribution < -0.4 is 4.74 Å². The van der Waals surface area contributed by atoms with Crippen LogP contribution in [0.4, 0.5) is 0 Å². The Kier molecular flexibility index (Phi) is 3.15. The minimum Gasteiger partial charge on any atom is -0.496 e. The van der Waals surface area contributed by atoms with E-state index < -0.39 is 6.10 Å². The van der Waals surface area contributed by atoms with E-state index in [4.69, 9.17) is 4.74 Å². The third kappa shape index (κ3) is 2.31. The molecule has 0 bridgehead atoms. The lowest BCUT2D eigenvalue weighted by Crippen LogP contribution is -2.02. The van der Waals surface area contributed by atoms with Gasteiger partial charge >= 0.3 is 0 Å². The molecule has 0 saturated carbocycles. The van der Waals surface area contributed by atoms with E-state index in [1.54, 1.807) is 11.8 Å². The van der Waals surface area contributed by atoms with Crippen molar-refractivity contribution in [2.45, 2.75) is 13.0 Å². The summed E-state index contributed by atoms with van der Waals surface area (Å²) in [7, 11) is 3.46. The zero-order chi connectivity index (χ0) is 12.4. The molecule has 17 heavy (non-hydrogen) atoms. The summed E-state index contributed by atoms with van der Waals surface area (Å²) in [5, 5.41) is 14.4. The van der Waals surface area contributed by atoms with Crippen molar-refractivity contribution in [1.29, 1.82) is 0 Å². The smallest absolute Gasteiger partial charge is 0.123 e. The molecular weight excluding hydrogens is 216 g/mol. The largest absolute Gasteiger partial charge is 0.496 e. The summed E-state index contributed by atoms with van der Waals surface area (Å²) in [4.78, 5) is 0. The van der Waals surface area contributed by atoms with Gasteiger partial charge in [0.05, 0.1) is 12.8 Å². The van der Waals surface area contributed by atoms with Crippen LogP contribution in [0.2, 0.25) is 0 Å². The van der Waals surface area contributed by atoms with Crippen LogP contribution in [0.3, 0.4) is 0 Å². The fraction of sp³-hybridized carbons (Fsp3) is 0.308. The van der Waals surface area contributed by atoms with E-state index in [0.29, 0.717) is 5.69 Å². The Bertz CT molecular complexity index is 520. The van der Waals surface area contributed by atoms with E-state index in [2.05, 4.69) is 5.10 Å². The van der Waals surface area contributed by atoms with Crippen LogP contribution in [0.25, 0.3) is 0 Å². The molecular formula is C13H16N2O2. The molecule has 0 amide bonds. The summed E-state index contributed by atoms with van der Waals surface area (Å²) in [6.45, 7) is 1.95. The molecule has 90 valence electrons. The minimum absolute atomic E-state index is 0.650. The van der Waals surface area contributed by atoms with E-state index in [1.165, 1.54) is 0 Å². The normalized spacial score (nSPS) is 12.5. The van der Waals surface area contributed by atoms with E-state index in [-0.39, 0.29) is 0 Å². The van der Waals surface area contributed by atoms with Gasteiger partial charge in [-0.1, -0.05) is 6.07 Å². The molecule has 2 rings (SSSR count). The van der Waals surface area contributed by atoms with Crippen LogP contribution in [-0.4, -0.2) is 22.0 Å². The molecule has 4 nitrogen and oxygen atoms in total. The van der Waals surface area contributed by atoms with Crippen LogP contribution in [-0.2, 0) is 7.05 Å². The van der Waals surface area contributed by atoms with E-state index >= 15 is 0 Å². The fourth-order valence-electron chi connectivity index (χ4n) is 1.82. The molecule has 1 atom stereocenters. The number of ether oxygens (including phenoxy) is 1. The summed E-state index contributed by atoms with van der Waals surface area (Å²) < 4.78 is 6.86. The van der Waals surface area contributed by atoms with Gasteiger partial charge in [0.25, 0.3) is 0 Å². The van der Waals surface area contributed by atoms with Gasteiger partial charge in [0.2, 0.25) is 0 Å². The van der Waals surface area contributed by atoms with Gasteiger partial charge < -0.3 is 9.84 Å². The highest BCUT2D eigenvalue weighted by molar-refractivity contribution is 5.38. The van der Waals surface area contributed by atoms with Crippen molar-refractivity contribution in [2.24, 2.45) is 7.05 Å². The Morgan fingerprint density at radius 3 is 2.65 bits per heavy atom. The lowest BCUT2D eigenvalue weighted by Gasteiger charge is -2.11. The van der Waals surface area contributed by atoms with Crippen molar-refractivity contribution in [2.75, 3.05) is 7.11 Å². The Balaban J connectivity index is 2.31. The molecule has 0 aliphatic carbocycles. The molecule has 0 fully saturated rings. The van der Waals surface area contributed by atoms with Crippen LogP contribution in [0.5, 0.6) is 5.75 Å². The lowest BCUT2D eigenvalue weighted by molar-refractivity contribution is 0.214. The summed E-state index contributed by atoms with van der Waals surface area (Å²) in [6.07, 6.45) is 1.12. The molecule has 1 aromatic carbocycles. The monoisotopic (exact) mass is 232 g/mol. The number of aliphatic hydroxyl groups excluding tert-OH is 1. The minimum atomic E-state index is -0.694. The Labute approximate surface area is 100 Å². The van der Waals surface area contributed by atoms with Crippen LogP contribution in [0.15, 0.2) is 30.5 Å². The third-order valence-electron chi connectivity index (χ3n) is 2.75. The fourth-order valence-corrected chi connectivity index (χ4v) is 1.82. The maximum absolute atomic E-state index is 10.2. The Morgan fingerprint density at radius 1 is 1.35 bits per heavy atom. The average Bonchev–Trinajstić information content (AvgIpc) is 2.75. The predicted octanol–water partition coefficient (Wildman–Crippen LogP) is 1.82. The zero-order valence-corrected chi connectivity index (χ0v) is 10.2. The first kappa shape index (κ1) is 11.7. The molecule has 4 heteroatoms. The standard InChI is InChI=1S/C13H16N2O2/c1-9-8-10(4-5-12(9)17-3)13(16)11-6-7-15(2)14-11/h4-8,13,16H,1-3H3. The SMILES string of the molecule is COc1ccc(C(O)c2ccn(C)n2)cc1C. The molecule has 0 radical (unpaired) electrons. The van der Waals surface area contributed by atoms with Crippen molar-refractivity contribution < 1.29 is 9.84 Å². The van der Waals surface area contributed by atoms with Crippen molar-refractivity contribution >= 4 is 0 Å². The second-order valence-electron chi connectivity index (χ2n) is 4.05. The van der Waals surface area contributed by atoms with Crippen molar-refractivity contribution in [3.8, 4) is 5.75 Å². The second-order valence-corrected chi connectivity index (χ2v) is 4.05. The number of benzene rings is 1. The van der Waals surface area contributed by atoms with Crippen molar-refractivity contribution in [3.63, 3.8) is 0 Å². The number of hydrogen-bond acceptors (Lipinski definition) is 3. The molecule has 2 aromatic rings. The molecule has 1 aromatic heterocycles. The van der Waals surface area contributed by atoms with Crippen LogP contribution in [0.1, 0.15) is 22.9 Å². The lowest BCUT2D eigenvalue weighted by atomic mass is 10.0. The molecule has 1 heterocycles. The van der Waals surface area contributed by atoms with Gasteiger partial charge in [0.1, 0.15) is 11.9 Å². The Morgan fingerprint density at radius 2 is 2.12 bits per heavy atom. The Hall–Kier alpha value is -1.81. The number of rotatable bonds is 3. The molecule has 1 unspecified atom stereocenters. The number of nitrogens with zero attached hydrogens (tertiary/aromatic N) is 2. The zero-order valence-electron chi connectivity index (χ0n) is 10.2. The summed E-state index contributed by atoms with van der Waals surface area (Å²) in [6, 6.07) is 7.43. The first-order chi connectivity index (χ1) is 8.11. The second kappa shape index (κ2) is 4.59. The number of aliphatic hydroxyl groups is 1. The molecule has 0 saturated heterocycles. The third-order valence-corrected chi connectivity index (χ3v) is 2.75. The molecule has 0 aliphatic rings. The van der Waals surface area contributed by atoms with E-state index in [9.17, 15) is 5.11 Å². The number of hydrogen-bond donors (Lipinski definition) is 1. The van der Waals surface area contributed by atoms with E-state index in [0.717, 1.165) is 16.9 Å². The molecule has 0 spiro atoms. The predicted molar refractivity (Wildman–Crippen MR) is 65.0 cm³/mol. The van der Waals surface area contributed by atoms with Gasteiger partial charge in [-0.15, -0.1) is 0 Å². The summed E-state index contributed by atoms with van der Waals surface area (Å²) >= 11 is 0. The maximum Gasteiger partial charge on any atom is 0.123 e. The highest BCUT2D eigenvalue weighted by Gasteiger charge is 2.14. The van der Waals surface area contributed by atoms with Crippen molar-refractivity contribution in [3.05, 3.63) is 47.3 Å². The number of aryl methyl sites for hydroxylation is 2. The number of methoxy groups -OCH3 is 1. The van der Waals surface area contributed by atoms with Gasteiger partial charge in [0.15, 0.2) is 0 Å². The molecule has 0 aliphatic heterocycles. The highest BCUT2D eigenvalue weighted by atomic mass is 16.5. The average molecular weight is 232 g/mol. The van der Waals surface area contributed by atoms with Gasteiger partial charge in [-0.05, 0) is 36.2 Å². The van der Waals surface area contributed by atoms with Gasteiger partial charge in [-0.3, -0.25) is 4.68 Å². The summed E-state index contributed by atoms with van der Waals surface area (Å²) in [5.41, 5.74) is 2.47. The maximum atomic E-state index is 10.2. The van der Waals surface area contributed by atoms with E-state index in [1.807, 2.05) is 44.4 Å². The van der Waals surface area contributed by atoms with Crippen LogP contribution in [0, 0.1) is 6.92 Å². The number of aromatic nitrogens is 2. The first-order valence-corrected chi connectivity index (χ1v) is 5.44. The summed E-state index contributed by atoms with van der Waals surface area (Å²) in [5.74, 6) is 0.821. The first-order valence-electron chi connectivity index (χ1n) is 5.44. The highest BCUT2D eigenvalue weighted by Crippen LogP contribution is 2.25. The topological polar surface area (TPSA) is 47.3 Å². The molecule has 1 N–H and O–H groups in total.